The van der Waals surface area contributed by atoms with Crippen LogP contribution in [0.25, 0.3) is 0 Å². The summed E-state index contributed by atoms with van der Waals surface area (Å²) in [6.45, 7) is 0. The molecule has 0 saturated carbocycles. The lowest BCUT2D eigenvalue weighted by atomic mass is 10.2. The minimum absolute atomic E-state index is 0.346. The van der Waals surface area contributed by atoms with E-state index in [1.807, 2.05) is 0 Å². The van der Waals surface area contributed by atoms with Crippen molar-refractivity contribution in [1.29, 1.82) is 0 Å². The van der Waals surface area contributed by atoms with Gasteiger partial charge in [0.25, 0.3) is 0 Å². The molecule has 0 unspecified atom stereocenters. The topological polar surface area (TPSA) is 123 Å². The molecule has 7 nitrogen and oxygen atoms in total. The number of rotatable bonds is 4. The quantitative estimate of drug-likeness (QED) is 0.758. The van der Waals surface area contributed by atoms with Crippen molar-refractivity contribution >= 4 is 30.8 Å². The van der Waals surface area contributed by atoms with E-state index in [1.54, 1.807) is 0 Å². The van der Waals surface area contributed by atoms with Gasteiger partial charge in [-0.25, -0.2) is 26.7 Å². The minimum atomic E-state index is -4.13. The van der Waals surface area contributed by atoms with Crippen LogP contribution in [0.15, 0.2) is 34.1 Å². The Morgan fingerprint density at radius 1 is 1.05 bits per heavy atom. The molecule has 0 spiro atoms. The van der Waals surface area contributed by atoms with Gasteiger partial charge in [-0.1, -0.05) is 12.1 Å². The molecular weight excluding hydrogens is 336 g/mol. The first kappa shape index (κ1) is 16.6. The van der Waals surface area contributed by atoms with E-state index >= 15 is 0 Å². The second kappa shape index (κ2) is 6.13. The van der Waals surface area contributed by atoms with Gasteiger partial charge in [-0.3, -0.25) is 4.21 Å². The normalized spacial score (nSPS) is 23.9. The maximum absolute atomic E-state index is 12.3. The first-order chi connectivity index (χ1) is 9.70. The van der Waals surface area contributed by atoms with Crippen LogP contribution in [-0.2, 0) is 30.8 Å². The van der Waals surface area contributed by atoms with Crippen molar-refractivity contribution in [1.82, 2.24) is 4.72 Å². The molecule has 3 N–H and O–H groups in total. The van der Waals surface area contributed by atoms with Gasteiger partial charge in [0.1, 0.15) is 9.79 Å². The summed E-state index contributed by atoms with van der Waals surface area (Å²) < 4.78 is 61.4. The van der Waals surface area contributed by atoms with Crippen LogP contribution in [0.2, 0.25) is 0 Å². The highest BCUT2D eigenvalue weighted by molar-refractivity contribution is 7.92. The predicted molar refractivity (Wildman–Crippen MR) is 79.0 cm³/mol. The van der Waals surface area contributed by atoms with Gasteiger partial charge >= 0.3 is 0 Å². The Kier molecular flexibility index (Phi) is 4.83. The fourth-order valence-electron chi connectivity index (χ4n) is 2.10. The molecule has 21 heavy (non-hydrogen) atoms. The van der Waals surface area contributed by atoms with Gasteiger partial charge in [0.05, 0.1) is 0 Å². The first-order valence-electron chi connectivity index (χ1n) is 6.19. The zero-order valence-electron chi connectivity index (χ0n) is 11.1. The predicted octanol–water partition coefficient (Wildman–Crippen LogP) is -0.477. The Hall–Kier alpha value is -0.810. The monoisotopic (exact) mass is 352 g/mol. The Morgan fingerprint density at radius 2 is 1.57 bits per heavy atom. The molecule has 0 radical (unpaired) electrons. The lowest BCUT2D eigenvalue weighted by molar-refractivity contribution is 0.519. The molecule has 1 saturated heterocycles. The van der Waals surface area contributed by atoms with Gasteiger partial charge in [0.15, 0.2) is 0 Å². The molecule has 10 heteroatoms. The van der Waals surface area contributed by atoms with Gasteiger partial charge < -0.3 is 0 Å². The second-order valence-corrected chi connectivity index (χ2v) is 9.64. The summed E-state index contributed by atoms with van der Waals surface area (Å²) >= 11 is 0. The molecule has 1 aliphatic heterocycles. The van der Waals surface area contributed by atoms with E-state index in [0.717, 1.165) is 6.07 Å². The Bertz CT molecular complexity index is 748. The third-order valence-corrected chi connectivity index (χ3v) is 7.21. The summed E-state index contributed by atoms with van der Waals surface area (Å²) in [6.07, 6.45) is 0.923. The Labute approximate surface area is 126 Å². The van der Waals surface area contributed by atoms with Gasteiger partial charge in [0, 0.05) is 28.3 Å². The third kappa shape index (κ3) is 4.10. The van der Waals surface area contributed by atoms with Crippen LogP contribution in [-0.4, -0.2) is 38.6 Å². The van der Waals surface area contributed by atoms with Crippen molar-refractivity contribution in [3.05, 3.63) is 24.3 Å². The summed E-state index contributed by atoms with van der Waals surface area (Å²) in [6, 6.07) is 4.84. The van der Waals surface area contributed by atoms with Gasteiger partial charge in [-0.2, -0.15) is 0 Å². The highest BCUT2D eigenvalue weighted by atomic mass is 32.2. The molecule has 118 valence electrons. The van der Waals surface area contributed by atoms with Crippen LogP contribution < -0.4 is 9.86 Å². The summed E-state index contributed by atoms with van der Waals surface area (Å²) in [5, 5.41) is 5.05. The minimum Gasteiger partial charge on any atom is -0.260 e. The number of sulfonamides is 2. The highest BCUT2D eigenvalue weighted by Gasteiger charge is 2.28. The fraction of sp³-hybridized carbons (Fsp3) is 0.455. The van der Waals surface area contributed by atoms with Crippen molar-refractivity contribution in [3.8, 4) is 0 Å². The lowest BCUT2D eigenvalue weighted by Gasteiger charge is -2.22. The van der Waals surface area contributed by atoms with E-state index in [9.17, 15) is 21.0 Å². The van der Waals surface area contributed by atoms with Gasteiger partial charge in [0.2, 0.25) is 20.0 Å². The van der Waals surface area contributed by atoms with Crippen LogP contribution in [0.3, 0.4) is 0 Å². The molecule has 2 rings (SSSR count). The molecule has 0 bridgehead atoms. The van der Waals surface area contributed by atoms with Crippen molar-refractivity contribution in [2.45, 2.75) is 28.7 Å². The summed E-state index contributed by atoms with van der Waals surface area (Å²) in [4.78, 5) is -0.795. The summed E-state index contributed by atoms with van der Waals surface area (Å²) in [5.74, 6) is 0.869. The van der Waals surface area contributed by atoms with Crippen LogP contribution in [0.1, 0.15) is 12.8 Å². The van der Waals surface area contributed by atoms with Crippen molar-refractivity contribution in [3.63, 3.8) is 0 Å². The van der Waals surface area contributed by atoms with E-state index in [-0.39, 0.29) is 10.9 Å². The number of benzene rings is 1. The molecule has 1 aliphatic rings. The molecular formula is C11H16N2O5S3. The number of hydrogen-bond acceptors (Lipinski definition) is 5. The summed E-state index contributed by atoms with van der Waals surface area (Å²) in [7, 11) is -9.04. The van der Waals surface area contributed by atoms with Crippen molar-refractivity contribution in [2.75, 3.05) is 11.5 Å². The molecule has 1 aromatic carbocycles. The molecule has 1 heterocycles. The van der Waals surface area contributed by atoms with E-state index in [1.165, 1.54) is 18.2 Å². The average Bonchev–Trinajstić information content (AvgIpc) is 2.40. The third-order valence-electron chi connectivity index (χ3n) is 3.15. The summed E-state index contributed by atoms with van der Waals surface area (Å²) in [5.41, 5.74) is 0. The van der Waals surface area contributed by atoms with Crippen LogP contribution >= 0.6 is 0 Å². The van der Waals surface area contributed by atoms with E-state index in [2.05, 4.69) is 4.72 Å². The van der Waals surface area contributed by atoms with Crippen LogP contribution in [0.5, 0.6) is 0 Å². The average molecular weight is 352 g/mol. The van der Waals surface area contributed by atoms with Gasteiger partial charge in [-0.15, -0.1) is 0 Å². The largest absolute Gasteiger partial charge is 0.260 e. The molecule has 0 aromatic heterocycles. The maximum Gasteiger partial charge on any atom is 0.242 e. The van der Waals surface area contributed by atoms with E-state index < -0.39 is 35.7 Å². The molecule has 1 aromatic rings. The smallest absolute Gasteiger partial charge is 0.242 e. The zero-order chi connectivity index (χ0) is 15.7. The zero-order valence-corrected chi connectivity index (χ0v) is 13.5. The number of hydrogen-bond donors (Lipinski definition) is 2. The van der Waals surface area contributed by atoms with E-state index in [4.69, 9.17) is 5.14 Å². The Balaban J connectivity index is 2.31. The molecule has 0 aliphatic carbocycles. The first-order valence-corrected chi connectivity index (χ1v) is 10.7. The van der Waals surface area contributed by atoms with Crippen LogP contribution in [0, 0.1) is 0 Å². The standard InChI is InChI=1S/C11H16N2O5S3/c12-20(15,16)10-3-1-2-4-11(10)21(17,18)13-9-5-7-19(14)8-6-9/h1-4,9,13H,5-8H2,(H2,12,15,16). The number of nitrogens with two attached hydrogens (primary N) is 1. The Morgan fingerprint density at radius 3 is 2.10 bits per heavy atom. The SMILES string of the molecule is NS(=O)(=O)c1ccccc1S(=O)(=O)NC1CCS(=O)CC1. The van der Waals surface area contributed by atoms with Gasteiger partial charge in [-0.05, 0) is 25.0 Å². The van der Waals surface area contributed by atoms with Crippen LogP contribution in [0.4, 0.5) is 0 Å². The van der Waals surface area contributed by atoms with E-state index in [0.29, 0.717) is 24.3 Å². The maximum atomic E-state index is 12.3. The van der Waals surface area contributed by atoms with Crippen molar-refractivity contribution < 1.29 is 21.0 Å². The number of primary sulfonamides is 1. The second-order valence-electron chi connectivity index (χ2n) is 4.74. The number of nitrogens with one attached hydrogen (secondary N) is 1. The lowest BCUT2D eigenvalue weighted by Crippen LogP contribution is -2.40. The van der Waals surface area contributed by atoms with Crippen molar-refractivity contribution in [2.24, 2.45) is 5.14 Å². The fourth-order valence-corrected chi connectivity index (χ4v) is 6.09. The highest BCUT2D eigenvalue weighted by Crippen LogP contribution is 2.21. The molecule has 0 amide bonds. The molecule has 0 atom stereocenters. The molecule has 1 fully saturated rings.